The Morgan fingerprint density at radius 1 is 1.19 bits per heavy atom. The van der Waals surface area contributed by atoms with E-state index in [4.69, 9.17) is 11.6 Å². The summed E-state index contributed by atoms with van der Waals surface area (Å²) in [7, 11) is 0. The molecule has 1 aromatic heterocycles. The van der Waals surface area contributed by atoms with Gasteiger partial charge in [0.15, 0.2) is 0 Å². The zero-order valence-electron chi connectivity index (χ0n) is 14.1. The SMILES string of the molecule is O=c1[nH]c(/C(=C/[C@H]2CCC(O)N2)c2ccc(Cl)cc2F)ccc1C1CC1. The van der Waals surface area contributed by atoms with E-state index >= 15 is 0 Å². The number of pyridine rings is 1. The molecule has 0 spiro atoms. The monoisotopic (exact) mass is 374 g/mol. The second kappa shape index (κ2) is 6.99. The number of aromatic amines is 1. The van der Waals surface area contributed by atoms with Gasteiger partial charge < -0.3 is 10.1 Å². The van der Waals surface area contributed by atoms with Gasteiger partial charge in [-0.25, -0.2) is 4.39 Å². The van der Waals surface area contributed by atoms with Gasteiger partial charge in [0.25, 0.3) is 5.56 Å². The molecule has 26 heavy (non-hydrogen) atoms. The first-order valence-corrected chi connectivity index (χ1v) is 9.24. The Morgan fingerprint density at radius 3 is 2.62 bits per heavy atom. The van der Waals surface area contributed by atoms with E-state index < -0.39 is 12.0 Å². The Labute approximate surface area is 155 Å². The fourth-order valence-corrected chi connectivity index (χ4v) is 3.63. The molecule has 6 heteroatoms. The van der Waals surface area contributed by atoms with E-state index in [9.17, 15) is 14.3 Å². The van der Waals surface area contributed by atoms with Crippen molar-refractivity contribution in [2.75, 3.05) is 0 Å². The molecule has 4 nitrogen and oxygen atoms in total. The van der Waals surface area contributed by atoms with Crippen LogP contribution in [0.3, 0.4) is 0 Å². The maximum absolute atomic E-state index is 14.6. The summed E-state index contributed by atoms with van der Waals surface area (Å²) in [5, 5.41) is 13.1. The van der Waals surface area contributed by atoms with Crippen molar-refractivity contribution in [1.29, 1.82) is 0 Å². The number of benzene rings is 1. The molecule has 0 bridgehead atoms. The molecule has 1 unspecified atom stereocenters. The minimum Gasteiger partial charge on any atom is -0.379 e. The molecule has 2 atom stereocenters. The second-order valence-corrected chi connectivity index (χ2v) is 7.44. The third-order valence-corrected chi connectivity index (χ3v) is 5.23. The normalized spacial score (nSPS) is 23.4. The third kappa shape index (κ3) is 3.61. The minimum absolute atomic E-state index is 0.0957. The van der Waals surface area contributed by atoms with Crippen LogP contribution in [0.25, 0.3) is 5.57 Å². The Morgan fingerprint density at radius 2 is 2.00 bits per heavy atom. The van der Waals surface area contributed by atoms with Crippen molar-refractivity contribution < 1.29 is 9.50 Å². The van der Waals surface area contributed by atoms with Gasteiger partial charge in [-0.3, -0.25) is 10.1 Å². The molecule has 1 saturated carbocycles. The molecule has 1 aromatic carbocycles. The predicted molar refractivity (Wildman–Crippen MR) is 99.7 cm³/mol. The van der Waals surface area contributed by atoms with Crippen molar-refractivity contribution in [2.45, 2.75) is 43.9 Å². The lowest BCUT2D eigenvalue weighted by atomic mass is 9.98. The molecule has 136 valence electrons. The van der Waals surface area contributed by atoms with Crippen molar-refractivity contribution in [3.63, 3.8) is 0 Å². The Bertz CT molecular complexity index is 920. The molecule has 2 fully saturated rings. The second-order valence-electron chi connectivity index (χ2n) is 7.00. The van der Waals surface area contributed by atoms with Gasteiger partial charge in [-0.1, -0.05) is 23.7 Å². The van der Waals surface area contributed by atoms with Crippen LogP contribution in [0, 0.1) is 5.82 Å². The van der Waals surface area contributed by atoms with Crippen LogP contribution in [0.2, 0.25) is 5.02 Å². The van der Waals surface area contributed by atoms with Crippen LogP contribution in [0.15, 0.2) is 41.2 Å². The van der Waals surface area contributed by atoms with Crippen LogP contribution in [0.1, 0.15) is 48.4 Å². The Hall–Kier alpha value is -1.95. The molecule has 2 aromatic rings. The third-order valence-electron chi connectivity index (χ3n) is 4.99. The fraction of sp³-hybridized carbons (Fsp3) is 0.350. The van der Waals surface area contributed by atoms with Crippen LogP contribution >= 0.6 is 11.6 Å². The van der Waals surface area contributed by atoms with E-state index in [0.29, 0.717) is 34.2 Å². The molecular formula is C20H20ClFN2O2. The zero-order chi connectivity index (χ0) is 18.3. The number of hydrogen-bond acceptors (Lipinski definition) is 3. The summed E-state index contributed by atoms with van der Waals surface area (Å²) in [6.07, 6.45) is 4.76. The summed E-state index contributed by atoms with van der Waals surface area (Å²) in [6.45, 7) is 0. The standard InChI is InChI=1S/C20H20ClFN2O2/c21-12-3-5-15(17(22)9-12)16(10-13-4-8-19(25)23-13)18-7-6-14(11-1-2-11)20(26)24-18/h3,5-7,9-11,13,19,23,25H,1-2,4,8H2,(H,24,26)/b16-10+/t13-,19?/m1/s1. The van der Waals surface area contributed by atoms with Gasteiger partial charge in [0.2, 0.25) is 0 Å². The largest absolute Gasteiger partial charge is 0.379 e. The number of hydrogen-bond donors (Lipinski definition) is 3. The number of aromatic nitrogens is 1. The zero-order valence-corrected chi connectivity index (χ0v) is 14.9. The van der Waals surface area contributed by atoms with E-state index in [1.54, 1.807) is 12.1 Å². The van der Waals surface area contributed by atoms with Gasteiger partial charge in [0.1, 0.15) is 12.0 Å². The maximum Gasteiger partial charge on any atom is 0.251 e. The molecule has 2 heterocycles. The van der Waals surface area contributed by atoms with Crippen LogP contribution in [-0.2, 0) is 0 Å². The summed E-state index contributed by atoms with van der Waals surface area (Å²) in [6, 6.07) is 8.08. The maximum atomic E-state index is 14.6. The van der Waals surface area contributed by atoms with Gasteiger partial charge >= 0.3 is 0 Å². The summed E-state index contributed by atoms with van der Waals surface area (Å²) in [5.74, 6) is -0.103. The quantitative estimate of drug-likeness (QED) is 0.766. The van der Waals surface area contributed by atoms with Gasteiger partial charge in [0, 0.05) is 33.5 Å². The lowest BCUT2D eigenvalue weighted by Gasteiger charge is -2.14. The smallest absolute Gasteiger partial charge is 0.251 e. The van der Waals surface area contributed by atoms with Crippen LogP contribution in [-0.4, -0.2) is 22.4 Å². The highest BCUT2D eigenvalue weighted by Crippen LogP contribution is 2.38. The molecular weight excluding hydrogens is 355 g/mol. The molecule has 2 aliphatic rings. The fourth-order valence-electron chi connectivity index (χ4n) is 3.47. The highest BCUT2D eigenvalue weighted by atomic mass is 35.5. The average Bonchev–Trinajstić information content (AvgIpc) is 3.35. The number of aliphatic hydroxyl groups is 1. The van der Waals surface area contributed by atoms with Crippen molar-refractivity contribution in [2.24, 2.45) is 0 Å². The summed E-state index contributed by atoms with van der Waals surface area (Å²) < 4.78 is 14.6. The molecule has 3 N–H and O–H groups in total. The Kier molecular flexibility index (Phi) is 4.69. The first-order valence-electron chi connectivity index (χ1n) is 8.86. The van der Waals surface area contributed by atoms with Gasteiger partial charge in [-0.15, -0.1) is 0 Å². The van der Waals surface area contributed by atoms with E-state index in [1.165, 1.54) is 6.07 Å². The van der Waals surface area contributed by atoms with Gasteiger partial charge in [-0.05, 0) is 55.9 Å². The molecule has 1 saturated heterocycles. The molecule has 0 radical (unpaired) electrons. The predicted octanol–water partition coefficient (Wildman–Crippen LogP) is 3.55. The van der Waals surface area contributed by atoms with E-state index in [-0.39, 0.29) is 11.6 Å². The van der Waals surface area contributed by atoms with Crippen molar-refractivity contribution in [3.05, 3.63) is 74.4 Å². The van der Waals surface area contributed by atoms with Crippen molar-refractivity contribution >= 4 is 17.2 Å². The van der Waals surface area contributed by atoms with Crippen LogP contribution in [0.5, 0.6) is 0 Å². The van der Waals surface area contributed by atoms with Crippen LogP contribution in [0.4, 0.5) is 4.39 Å². The number of aliphatic hydroxyl groups excluding tert-OH is 1. The van der Waals surface area contributed by atoms with Gasteiger partial charge in [0.05, 0.1) is 0 Å². The topological polar surface area (TPSA) is 65.1 Å². The molecule has 1 aliphatic heterocycles. The van der Waals surface area contributed by atoms with Gasteiger partial charge in [-0.2, -0.15) is 0 Å². The van der Waals surface area contributed by atoms with Crippen molar-refractivity contribution in [3.8, 4) is 0 Å². The minimum atomic E-state index is -0.566. The number of halogens is 2. The average molecular weight is 375 g/mol. The summed E-state index contributed by atoms with van der Waals surface area (Å²) in [4.78, 5) is 15.3. The molecule has 0 amide bonds. The lowest BCUT2D eigenvalue weighted by Crippen LogP contribution is -2.27. The van der Waals surface area contributed by atoms with E-state index in [0.717, 1.165) is 24.8 Å². The van der Waals surface area contributed by atoms with Crippen molar-refractivity contribution in [1.82, 2.24) is 10.3 Å². The first-order chi connectivity index (χ1) is 12.5. The highest BCUT2D eigenvalue weighted by Gasteiger charge is 2.27. The summed E-state index contributed by atoms with van der Waals surface area (Å²) >= 11 is 5.88. The lowest BCUT2D eigenvalue weighted by molar-refractivity contribution is 0.157. The first kappa shape index (κ1) is 17.5. The number of rotatable bonds is 4. The number of H-pyrrole nitrogens is 1. The molecule has 4 rings (SSSR count). The van der Waals surface area contributed by atoms with E-state index in [2.05, 4.69) is 10.3 Å². The number of nitrogens with one attached hydrogen (secondary N) is 2. The van der Waals surface area contributed by atoms with E-state index in [1.807, 2.05) is 18.2 Å². The molecule has 1 aliphatic carbocycles. The van der Waals surface area contributed by atoms with Crippen LogP contribution < -0.4 is 10.9 Å². The summed E-state index contributed by atoms with van der Waals surface area (Å²) in [5.41, 5.74) is 2.19. The Balaban J connectivity index is 1.78. The highest BCUT2D eigenvalue weighted by molar-refractivity contribution is 6.30.